The van der Waals surface area contributed by atoms with E-state index in [4.69, 9.17) is 4.98 Å². The van der Waals surface area contributed by atoms with Crippen LogP contribution in [-0.4, -0.2) is 43.0 Å². The molecule has 1 heterocycles. The number of rotatable bonds is 6. The Labute approximate surface area is 171 Å². The molecular formula is C23H29N3OS. The summed E-state index contributed by atoms with van der Waals surface area (Å²) >= 11 is 1.60. The number of anilines is 1. The number of fused-ring (bicyclic) bond motifs is 1. The maximum atomic E-state index is 13.5. The molecule has 5 heteroatoms. The van der Waals surface area contributed by atoms with E-state index in [1.54, 1.807) is 11.3 Å². The van der Waals surface area contributed by atoms with Crippen molar-refractivity contribution in [2.75, 3.05) is 32.1 Å². The van der Waals surface area contributed by atoms with E-state index >= 15 is 0 Å². The van der Waals surface area contributed by atoms with Gasteiger partial charge in [-0.2, -0.15) is 0 Å². The predicted molar refractivity (Wildman–Crippen MR) is 120 cm³/mol. The van der Waals surface area contributed by atoms with E-state index in [0.717, 1.165) is 39.4 Å². The van der Waals surface area contributed by atoms with Crippen LogP contribution in [0, 0.1) is 27.7 Å². The zero-order valence-electron chi connectivity index (χ0n) is 17.7. The Balaban J connectivity index is 2.01. The molecule has 0 saturated carbocycles. The molecule has 0 unspecified atom stereocenters. The van der Waals surface area contributed by atoms with Gasteiger partial charge in [0.05, 0.1) is 10.2 Å². The van der Waals surface area contributed by atoms with Crippen molar-refractivity contribution in [1.29, 1.82) is 0 Å². The first-order chi connectivity index (χ1) is 13.3. The Morgan fingerprint density at radius 1 is 1.00 bits per heavy atom. The standard InChI is InChI=1S/C23H29N3OS/c1-15-8-10-19(17(3)14-15)22(27)26(13-7-12-25(5)6)23-24-21-18(4)16(2)9-11-20(21)28-23/h8-11,14H,7,12-13H2,1-6H3. The van der Waals surface area contributed by atoms with Crippen LogP contribution in [0.5, 0.6) is 0 Å². The van der Waals surface area contributed by atoms with E-state index in [1.807, 2.05) is 24.0 Å². The average Bonchev–Trinajstić information content (AvgIpc) is 3.06. The van der Waals surface area contributed by atoms with E-state index in [-0.39, 0.29) is 5.91 Å². The fourth-order valence-electron chi connectivity index (χ4n) is 3.36. The third-order valence-electron chi connectivity index (χ3n) is 5.15. The first kappa shape index (κ1) is 20.5. The molecule has 0 fully saturated rings. The van der Waals surface area contributed by atoms with E-state index in [2.05, 4.69) is 58.0 Å². The van der Waals surface area contributed by atoms with Crippen molar-refractivity contribution in [2.45, 2.75) is 34.1 Å². The van der Waals surface area contributed by atoms with E-state index in [9.17, 15) is 4.79 Å². The molecule has 0 N–H and O–H groups in total. The number of hydrogen-bond donors (Lipinski definition) is 0. The highest BCUT2D eigenvalue weighted by Crippen LogP contribution is 2.33. The molecule has 0 atom stereocenters. The largest absolute Gasteiger partial charge is 0.309 e. The minimum atomic E-state index is 0.0321. The maximum Gasteiger partial charge on any atom is 0.260 e. The van der Waals surface area contributed by atoms with Crippen molar-refractivity contribution < 1.29 is 4.79 Å². The zero-order valence-corrected chi connectivity index (χ0v) is 18.5. The molecular weight excluding hydrogens is 366 g/mol. The lowest BCUT2D eigenvalue weighted by Gasteiger charge is -2.22. The molecule has 28 heavy (non-hydrogen) atoms. The molecule has 148 valence electrons. The second-order valence-corrected chi connectivity index (χ2v) is 8.79. The van der Waals surface area contributed by atoms with E-state index in [0.29, 0.717) is 6.54 Å². The van der Waals surface area contributed by atoms with Crippen LogP contribution in [0.4, 0.5) is 5.13 Å². The molecule has 3 aromatic rings. The van der Waals surface area contributed by atoms with Crippen LogP contribution < -0.4 is 4.90 Å². The number of amides is 1. The number of aryl methyl sites for hydroxylation is 4. The van der Waals surface area contributed by atoms with Gasteiger partial charge in [0.2, 0.25) is 0 Å². The lowest BCUT2D eigenvalue weighted by Crippen LogP contribution is -2.33. The fourth-order valence-corrected chi connectivity index (χ4v) is 4.41. The van der Waals surface area contributed by atoms with Crippen molar-refractivity contribution in [2.24, 2.45) is 0 Å². The molecule has 1 amide bonds. The first-order valence-corrected chi connectivity index (χ1v) is 10.5. The number of hydrogen-bond acceptors (Lipinski definition) is 4. The van der Waals surface area contributed by atoms with Gasteiger partial charge in [-0.15, -0.1) is 0 Å². The number of carbonyl (C=O) groups excluding carboxylic acids is 1. The average molecular weight is 396 g/mol. The van der Waals surface area contributed by atoms with Crippen LogP contribution in [-0.2, 0) is 0 Å². The molecule has 0 aliphatic carbocycles. The molecule has 0 bridgehead atoms. The van der Waals surface area contributed by atoms with Crippen molar-refractivity contribution in [1.82, 2.24) is 9.88 Å². The van der Waals surface area contributed by atoms with Crippen molar-refractivity contribution in [3.8, 4) is 0 Å². The number of aromatic nitrogens is 1. The highest BCUT2D eigenvalue weighted by molar-refractivity contribution is 7.22. The Morgan fingerprint density at radius 2 is 1.75 bits per heavy atom. The van der Waals surface area contributed by atoms with Gasteiger partial charge in [-0.05, 0) is 83.6 Å². The molecule has 0 spiro atoms. The highest BCUT2D eigenvalue weighted by Gasteiger charge is 2.23. The summed E-state index contributed by atoms with van der Waals surface area (Å²) < 4.78 is 1.13. The van der Waals surface area contributed by atoms with Gasteiger partial charge in [-0.1, -0.05) is 35.1 Å². The quantitative estimate of drug-likeness (QED) is 0.581. The van der Waals surface area contributed by atoms with E-state index < -0.39 is 0 Å². The summed E-state index contributed by atoms with van der Waals surface area (Å²) in [6.45, 7) is 9.84. The van der Waals surface area contributed by atoms with Gasteiger partial charge in [-0.3, -0.25) is 9.69 Å². The Bertz CT molecular complexity index is 1010. The third kappa shape index (κ3) is 4.26. The molecule has 0 aliphatic heterocycles. The predicted octanol–water partition coefficient (Wildman–Crippen LogP) is 5.13. The smallest absolute Gasteiger partial charge is 0.260 e. The fraction of sp³-hybridized carbons (Fsp3) is 0.391. The molecule has 1 aromatic heterocycles. The Morgan fingerprint density at radius 3 is 2.43 bits per heavy atom. The Hall–Kier alpha value is -2.24. The van der Waals surface area contributed by atoms with Gasteiger partial charge in [0.25, 0.3) is 5.91 Å². The van der Waals surface area contributed by atoms with Crippen LogP contribution in [0.1, 0.15) is 39.0 Å². The second-order valence-electron chi connectivity index (χ2n) is 7.78. The lowest BCUT2D eigenvalue weighted by molar-refractivity contribution is 0.0985. The summed E-state index contributed by atoms with van der Waals surface area (Å²) in [5, 5.41) is 0.785. The normalized spacial score (nSPS) is 11.4. The van der Waals surface area contributed by atoms with Crippen LogP contribution in [0.25, 0.3) is 10.2 Å². The minimum Gasteiger partial charge on any atom is -0.309 e. The zero-order chi connectivity index (χ0) is 20.4. The number of carbonyl (C=O) groups is 1. The lowest BCUT2D eigenvalue weighted by atomic mass is 10.0. The SMILES string of the molecule is Cc1ccc(C(=O)N(CCCN(C)C)c2nc3c(C)c(C)ccc3s2)c(C)c1. The third-order valence-corrected chi connectivity index (χ3v) is 6.19. The van der Waals surface area contributed by atoms with Gasteiger partial charge in [0, 0.05) is 12.1 Å². The second kappa shape index (κ2) is 8.41. The minimum absolute atomic E-state index is 0.0321. The number of nitrogens with zero attached hydrogens (tertiary/aromatic N) is 3. The monoisotopic (exact) mass is 395 g/mol. The van der Waals surface area contributed by atoms with Crippen molar-refractivity contribution >= 4 is 32.6 Å². The summed E-state index contributed by atoms with van der Waals surface area (Å²) in [6, 6.07) is 10.2. The summed E-state index contributed by atoms with van der Waals surface area (Å²) in [5.41, 5.74) is 6.35. The molecule has 0 aliphatic rings. The van der Waals surface area contributed by atoms with Crippen LogP contribution in [0.2, 0.25) is 0 Å². The number of thiazole rings is 1. The van der Waals surface area contributed by atoms with Crippen molar-refractivity contribution in [3.05, 3.63) is 58.1 Å². The summed E-state index contributed by atoms with van der Waals surface area (Å²) in [5.74, 6) is 0.0321. The first-order valence-electron chi connectivity index (χ1n) is 9.68. The van der Waals surface area contributed by atoms with Crippen LogP contribution in [0.3, 0.4) is 0 Å². The van der Waals surface area contributed by atoms with Gasteiger partial charge in [-0.25, -0.2) is 4.98 Å². The molecule has 2 aromatic carbocycles. The highest BCUT2D eigenvalue weighted by atomic mass is 32.1. The number of benzene rings is 2. The molecule has 0 saturated heterocycles. The van der Waals surface area contributed by atoms with Gasteiger partial charge >= 0.3 is 0 Å². The molecule has 0 radical (unpaired) electrons. The van der Waals surface area contributed by atoms with Crippen molar-refractivity contribution in [3.63, 3.8) is 0 Å². The van der Waals surface area contributed by atoms with E-state index in [1.165, 1.54) is 16.7 Å². The van der Waals surface area contributed by atoms with Gasteiger partial charge in [0.15, 0.2) is 5.13 Å². The topological polar surface area (TPSA) is 36.4 Å². The summed E-state index contributed by atoms with van der Waals surface area (Å²) in [6.07, 6.45) is 0.900. The Kier molecular flexibility index (Phi) is 6.16. The maximum absolute atomic E-state index is 13.5. The summed E-state index contributed by atoms with van der Waals surface area (Å²) in [7, 11) is 4.11. The molecule has 4 nitrogen and oxygen atoms in total. The molecule has 3 rings (SSSR count). The van der Waals surface area contributed by atoms with Gasteiger partial charge < -0.3 is 4.90 Å². The van der Waals surface area contributed by atoms with Crippen LogP contribution >= 0.6 is 11.3 Å². The summed E-state index contributed by atoms with van der Waals surface area (Å²) in [4.78, 5) is 22.3. The van der Waals surface area contributed by atoms with Crippen LogP contribution in [0.15, 0.2) is 30.3 Å². The van der Waals surface area contributed by atoms with Gasteiger partial charge in [0.1, 0.15) is 0 Å².